The molecular weight excluding hydrogens is 404 g/mol. The van der Waals surface area contributed by atoms with Crippen molar-refractivity contribution in [3.8, 4) is 11.4 Å². The molecule has 0 aliphatic carbocycles. The standard InChI is InChI=1S/C21H15F2N7O/c22-14-2-1-3-15(23)17(14)19-27-16-10-24-21(31)18(16)20(28-19)26-13-6-4-12(5-7-13)11-30-9-8-25-29-30/h1-9H,10-11H2,(H,24,31)(H,26,27,28). The van der Waals surface area contributed by atoms with Crippen LogP contribution in [0, 0.1) is 11.6 Å². The molecule has 0 radical (unpaired) electrons. The first kappa shape index (κ1) is 18.8. The molecule has 3 heterocycles. The molecule has 1 aliphatic rings. The molecule has 4 aromatic rings. The first-order chi connectivity index (χ1) is 15.1. The Kier molecular flexibility index (Phi) is 4.58. The van der Waals surface area contributed by atoms with Crippen molar-refractivity contribution in [3.63, 3.8) is 0 Å². The van der Waals surface area contributed by atoms with Gasteiger partial charge < -0.3 is 10.6 Å². The highest BCUT2D eigenvalue weighted by Gasteiger charge is 2.28. The number of rotatable bonds is 5. The van der Waals surface area contributed by atoms with E-state index in [-0.39, 0.29) is 35.2 Å². The van der Waals surface area contributed by atoms with E-state index in [4.69, 9.17) is 0 Å². The van der Waals surface area contributed by atoms with Crippen molar-refractivity contribution in [1.29, 1.82) is 0 Å². The molecule has 0 saturated carbocycles. The van der Waals surface area contributed by atoms with E-state index in [1.807, 2.05) is 24.3 Å². The maximum Gasteiger partial charge on any atom is 0.257 e. The van der Waals surface area contributed by atoms with Crippen LogP contribution in [0.2, 0.25) is 0 Å². The molecule has 1 aliphatic heterocycles. The van der Waals surface area contributed by atoms with Crippen molar-refractivity contribution in [3.05, 3.63) is 83.3 Å². The van der Waals surface area contributed by atoms with Crippen molar-refractivity contribution >= 4 is 17.4 Å². The number of carbonyl (C=O) groups excluding carboxylic acids is 1. The van der Waals surface area contributed by atoms with E-state index in [9.17, 15) is 13.6 Å². The fourth-order valence-electron chi connectivity index (χ4n) is 3.37. The Labute approximate surface area is 175 Å². The van der Waals surface area contributed by atoms with Crippen LogP contribution in [0.5, 0.6) is 0 Å². The molecule has 5 rings (SSSR count). The molecule has 0 fully saturated rings. The van der Waals surface area contributed by atoms with E-state index in [1.54, 1.807) is 17.1 Å². The van der Waals surface area contributed by atoms with Gasteiger partial charge in [-0.1, -0.05) is 23.4 Å². The number of nitrogens with one attached hydrogen (secondary N) is 2. The zero-order valence-electron chi connectivity index (χ0n) is 16.0. The minimum Gasteiger partial charge on any atom is -0.346 e. The van der Waals surface area contributed by atoms with Crippen LogP contribution in [0.25, 0.3) is 11.4 Å². The van der Waals surface area contributed by atoms with E-state index in [1.165, 1.54) is 6.07 Å². The van der Waals surface area contributed by atoms with Crippen molar-refractivity contribution in [2.45, 2.75) is 13.1 Å². The lowest BCUT2D eigenvalue weighted by Crippen LogP contribution is -2.14. The van der Waals surface area contributed by atoms with Gasteiger partial charge in [0.1, 0.15) is 23.0 Å². The Morgan fingerprint density at radius 3 is 2.52 bits per heavy atom. The number of amides is 1. The quantitative estimate of drug-likeness (QED) is 0.516. The molecule has 31 heavy (non-hydrogen) atoms. The molecule has 2 aromatic carbocycles. The molecule has 8 nitrogen and oxygen atoms in total. The van der Waals surface area contributed by atoms with Gasteiger partial charge in [-0.2, -0.15) is 0 Å². The number of hydrogen-bond acceptors (Lipinski definition) is 6. The van der Waals surface area contributed by atoms with Crippen LogP contribution in [0.4, 0.5) is 20.3 Å². The molecular formula is C21H15F2N7O. The monoisotopic (exact) mass is 419 g/mol. The number of anilines is 2. The highest BCUT2D eigenvalue weighted by molar-refractivity contribution is 6.03. The molecule has 0 bridgehead atoms. The lowest BCUT2D eigenvalue weighted by atomic mass is 10.1. The van der Waals surface area contributed by atoms with E-state index in [0.717, 1.165) is 17.7 Å². The summed E-state index contributed by atoms with van der Waals surface area (Å²) in [4.78, 5) is 20.8. The highest BCUT2D eigenvalue weighted by Crippen LogP contribution is 2.30. The third kappa shape index (κ3) is 3.59. The van der Waals surface area contributed by atoms with Crippen molar-refractivity contribution in [2.24, 2.45) is 0 Å². The van der Waals surface area contributed by atoms with Gasteiger partial charge in [-0.15, -0.1) is 5.10 Å². The Balaban J connectivity index is 1.50. The molecule has 2 N–H and O–H groups in total. The normalized spacial score (nSPS) is 12.5. The Hall–Kier alpha value is -4.21. The summed E-state index contributed by atoms with van der Waals surface area (Å²) in [6, 6.07) is 11.0. The van der Waals surface area contributed by atoms with Gasteiger partial charge in [-0.05, 0) is 29.8 Å². The van der Waals surface area contributed by atoms with Crippen molar-refractivity contribution < 1.29 is 13.6 Å². The molecule has 0 atom stereocenters. The van der Waals surface area contributed by atoms with Crippen LogP contribution in [-0.2, 0) is 13.1 Å². The molecule has 2 aromatic heterocycles. The average molecular weight is 419 g/mol. The lowest BCUT2D eigenvalue weighted by Gasteiger charge is -2.12. The summed E-state index contributed by atoms with van der Waals surface area (Å²) in [7, 11) is 0. The zero-order chi connectivity index (χ0) is 21.4. The topological polar surface area (TPSA) is 97.6 Å². The minimum absolute atomic E-state index is 0.129. The summed E-state index contributed by atoms with van der Waals surface area (Å²) in [5.41, 5.74) is 1.95. The SMILES string of the molecule is O=C1NCc2nc(-c3c(F)cccc3F)nc(Nc3ccc(Cn4ccnn4)cc3)c21. The summed E-state index contributed by atoms with van der Waals surface area (Å²) < 4.78 is 30.3. The number of halogens is 2. The zero-order valence-corrected chi connectivity index (χ0v) is 16.0. The molecule has 1 amide bonds. The third-order valence-corrected chi connectivity index (χ3v) is 4.85. The highest BCUT2D eigenvalue weighted by atomic mass is 19.1. The van der Waals surface area contributed by atoms with E-state index < -0.39 is 11.6 Å². The number of aromatic nitrogens is 5. The molecule has 10 heteroatoms. The summed E-state index contributed by atoms with van der Waals surface area (Å²) in [6.45, 7) is 0.716. The van der Waals surface area contributed by atoms with Crippen molar-refractivity contribution in [1.82, 2.24) is 30.3 Å². The number of carbonyl (C=O) groups is 1. The smallest absolute Gasteiger partial charge is 0.257 e. The van der Waals surface area contributed by atoms with E-state index in [2.05, 4.69) is 30.9 Å². The van der Waals surface area contributed by atoms with Gasteiger partial charge in [-0.25, -0.2) is 23.4 Å². The fourth-order valence-corrected chi connectivity index (χ4v) is 3.37. The fraction of sp³-hybridized carbons (Fsp3) is 0.0952. The number of benzene rings is 2. The number of fused-ring (bicyclic) bond motifs is 1. The largest absolute Gasteiger partial charge is 0.346 e. The summed E-state index contributed by atoms with van der Waals surface area (Å²) in [5.74, 6) is -1.85. The van der Waals surface area contributed by atoms with Crippen LogP contribution in [0.3, 0.4) is 0 Å². The Morgan fingerprint density at radius 2 is 1.81 bits per heavy atom. The predicted molar refractivity (Wildman–Crippen MR) is 107 cm³/mol. The molecule has 0 unspecified atom stereocenters. The average Bonchev–Trinajstić information content (AvgIpc) is 3.39. The second-order valence-electron chi connectivity index (χ2n) is 6.92. The summed E-state index contributed by atoms with van der Waals surface area (Å²) in [5, 5.41) is 13.4. The van der Waals surface area contributed by atoms with Gasteiger partial charge in [0.25, 0.3) is 5.91 Å². The Morgan fingerprint density at radius 1 is 1.03 bits per heavy atom. The van der Waals surface area contributed by atoms with Crippen LogP contribution in [0.15, 0.2) is 54.9 Å². The molecule has 0 spiro atoms. The maximum absolute atomic E-state index is 14.3. The number of hydrogen-bond donors (Lipinski definition) is 2. The molecule has 0 saturated heterocycles. The van der Waals surface area contributed by atoms with E-state index >= 15 is 0 Å². The van der Waals surface area contributed by atoms with Gasteiger partial charge in [0.05, 0.1) is 30.5 Å². The van der Waals surface area contributed by atoms with Gasteiger partial charge in [0.15, 0.2) is 5.82 Å². The molecule has 154 valence electrons. The first-order valence-electron chi connectivity index (χ1n) is 9.42. The van der Waals surface area contributed by atoms with Gasteiger partial charge in [0.2, 0.25) is 0 Å². The second kappa shape index (κ2) is 7.56. The van der Waals surface area contributed by atoms with Crippen molar-refractivity contribution in [2.75, 3.05) is 5.32 Å². The van der Waals surface area contributed by atoms with E-state index in [0.29, 0.717) is 17.9 Å². The van der Waals surface area contributed by atoms with Crippen LogP contribution >= 0.6 is 0 Å². The number of nitrogens with zero attached hydrogens (tertiary/aromatic N) is 5. The lowest BCUT2D eigenvalue weighted by molar-refractivity contribution is 0.0966. The Bertz CT molecular complexity index is 1250. The van der Waals surface area contributed by atoms with Gasteiger partial charge in [-0.3, -0.25) is 4.79 Å². The van der Waals surface area contributed by atoms with Gasteiger partial charge in [0, 0.05) is 11.9 Å². The second-order valence-corrected chi connectivity index (χ2v) is 6.92. The van der Waals surface area contributed by atoms with Crippen LogP contribution in [0.1, 0.15) is 21.6 Å². The third-order valence-electron chi connectivity index (χ3n) is 4.85. The van der Waals surface area contributed by atoms with Crippen LogP contribution < -0.4 is 10.6 Å². The van der Waals surface area contributed by atoms with Crippen LogP contribution in [-0.4, -0.2) is 30.9 Å². The maximum atomic E-state index is 14.3. The summed E-state index contributed by atoms with van der Waals surface area (Å²) >= 11 is 0. The first-order valence-corrected chi connectivity index (χ1v) is 9.42. The minimum atomic E-state index is -0.777. The summed E-state index contributed by atoms with van der Waals surface area (Å²) in [6.07, 6.45) is 3.37. The predicted octanol–water partition coefficient (Wildman–Crippen LogP) is 3.05. The van der Waals surface area contributed by atoms with Gasteiger partial charge >= 0.3 is 0 Å².